The van der Waals surface area contributed by atoms with Crippen LogP contribution in [0.15, 0.2) is 48.5 Å². The molecule has 0 spiro atoms. The summed E-state index contributed by atoms with van der Waals surface area (Å²) >= 11 is 0. The maximum atomic E-state index is 12.4. The number of hydrogen-bond acceptors (Lipinski definition) is 5. The minimum absolute atomic E-state index is 0.395. The van der Waals surface area contributed by atoms with Crippen molar-refractivity contribution in [3.05, 3.63) is 70.8 Å². The summed E-state index contributed by atoms with van der Waals surface area (Å²) in [5, 5.41) is 5.88. The number of ether oxygens (including phenoxy) is 1. The van der Waals surface area contributed by atoms with Gasteiger partial charge in [0.25, 0.3) is 5.91 Å². The monoisotopic (exact) mass is 422 g/mol. The lowest BCUT2D eigenvalue weighted by atomic mass is 9.95. The van der Waals surface area contributed by atoms with Crippen molar-refractivity contribution in [2.75, 3.05) is 20.3 Å². The van der Waals surface area contributed by atoms with E-state index in [1.54, 1.807) is 45.2 Å². The molecule has 2 rings (SSSR count). The Kier molecular flexibility index (Phi) is 8.76. The molecule has 1 atom stereocenters. The van der Waals surface area contributed by atoms with Crippen LogP contribution in [0, 0.1) is 11.8 Å². The van der Waals surface area contributed by atoms with Crippen LogP contribution < -0.4 is 22.1 Å². The number of carbonyl (C=O) groups excluding carboxylic acids is 2. The number of hydrogen-bond donors (Lipinski definition) is 4. The summed E-state index contributed by atoms with van der Waals surface area (Å²) in [4.78, 5) is 24.0. The number of amides is 2. The van der Waals surface area contributed by atoms with Crippen molar-refractivity contribution >= 4 is 11.8 Å². The van der Waals surface area contributed by atoms with E-state index in [0.717, 1.165) is 24.2 Å². The molecule has 0 bridgehead atoms. The highest BCUT2D eigenvalue weighted by Gasteiger charge is 2.31. The van der Waals surface area contributed by atoms with Crippen molar-refractivity contribution in [1.29, 1.82) is 0 Å². The molecule has 7 heteroatoms. The van der Waals surface area contributed by atoms with Crippen LogP contribution in [0.4, 0.5) is 0 Å². The molecule has 0 aromatic heterocycles. The third-order valence-corrected chi connectivity index (χ3v) is 4.57. The van der Waals surface area contributed by atoms with Crippen LogP contribution in [0.5, 0.6) is 0 Å². The van der Waals surface area contributed by atoms with Crippen LogP contribution in [-0.2, 0) is 16.1 Å². The zero-order valence-corrected chi connectivity index (χ0v) is 18.2. The lowest BCUT2D eigenvalue weighted by Crippen LogP contribution is -2.60. The minimum atomic E-state index is -0.974. The van der Waals surface area contributed by atoms with E-state index in [1.807, 2.05) is 24.3 Å². The molecule has 0 fully saturated rings. The van der Waals surface area contributed by atoms with Gasteiger partial charge in [0, 0.05) is 42.4 Å². The molecular weight excluding hydrogens is 392 g/mol. The molecule has 0 aliphatic rings. The van der Waals surface area contributed by atoms with Crippen molar-refractivity contribution in [3.63, 3.8) is 0 Å². The van der Waals surface area contributed by atoms with E-state index in [-0.39, 0.29) is 0 Å². The molecule has 0 heterocycles. The second-order valence-corrected chi connectivity index (χ2v) is 7.82. The molecule has 2 aromatic rings. The number of rotatable bonds is 9. The number of primary amides is 1. The molecule has 2 aromatic carbocycles. The Bertz CT molecular complexity index is 936. The highest BCUT2D eigenvalue weighted by Crippen LogP contribution is 2.09. The molecule has 0 aliphatic heterocycles. The van der Waals surface area contributed by atoms with Gasteiger partial charge in [-0.05, 0) is 55.8 Å². The molecule has 0 saturated carbocycles. The first-order valence-electron chi connectivity index (χ1n) is 10.0. The van der Waals surface area contributed by atoms with Gasteiger partial charge in [-0.15, -0.1) is 0 Å². The van der Waals surface area contributed by atoms with Crippen LogP contribution in [0.25, 0.3) is 0 Å². The molecule has 164 valence electrons. The van der Waals surface area contributed by atoms with Crippen molar-refractivity contribution in [1.82, 2.24) is 10.6 Å². The third kappa shape index (κ3) is 7.87. The Labute approximate surface area is 183 Å². The van der Waals surface area contributed by atoms with Gasteiger partial charge in [0.2, 0.25) is 5.91 Å². The van der Waals surface area contributed by atoms with E-state index in [4.69, 9.17) is 16.2 Å². The molecule has 0 radical (unpaired) electrons. The quantitative estimate of drug-likeness (QED) is 0.357. The summed E-state index contributed by atoms with van der Waals surface area (Å²) in [5.41, 5.74) is 13.6. The predicted octanol–water partition coefficient (Wildman–Crippen LogP) is 1.14. The first-order chi connectivity index (χ1) is 14.7. The van der Waals surface area contributed by atoms with Crippen LogP contribution in [0.1, 0.15) is 40.9 Å². The van der Waals surface area contributed by atoms with Crippen molar-refractivity contribution in [2.24, 2.45) is 11.5 Å². The smallest absolute Gasteiger partial charge is 0.251 e. The van der Waals surface area contributed by atoms with Gasteiger partial charge >= 0.3 is 0 Å². The Morgan fingerprint density at radius 2 is 1.58 bits per heavy atom. The van der Waals surface area contributed by atoms with E-state index in [0.29, 0.717) is 12.2 Å². The highest BCUT2D eigenvalue weighted by atomic mass is 16.5. The number of carbonyl (C=O) groups is 2. The standard InChI is InChI=1S/C24H30N4O3/c1-24(2,26)21(22(25)29)28-23(30)20-12-10-18(11-13-20)5-4-17-6-8-19(9-7-17)16-27-14-15-31-3/h6-13,21,27H,14-16,26H2,1-3H3,(H2,25,29)(H,28,30)/t21-/m1/s1. The molecule has 0 aliphatic carbocycles. The van der Waals surface area contributed by atoms with Gasteiger partial charge in [0.15, 0.2) is 0 Å². The minimum Gasteiger partial charge on any atom is -0.383 e. The van der Waals surface area contributed by atoms with E-state index in [1.165, 1.54) is 5.56 Å². The van der Waals surface area contributed by atoms with Gasteiger partial charge in [0.05, 0.1) is 6.61 Å². The molecule has 2 amide bonds. The number of nitrogens with one attached hydrogen (secondary N) is 2. The largest absolute Gasteiger partial charge is 0.383 e. The molecule has 6 N–H and O–H groups in total. The summed E-state index contributed by atoms with van der Waals surface area (Å²) in [6.45, 7) is 5.52. The van der Waals surface area contributed by atoms with Crippen LogP contribution in [0.2, 0.25) is 0 Å². The lowest BCUT2D eigenvalue weighted by Gasteiger charge is -2.28. The third-order valence-electron chi connectivity index (χ3n) is 4.57. The summed E-state index contributed by atoms with van der Waals surface area (Å²) in [6.07, 6.45) is 0. The predicted molar refractivity (Wildman–Crippen MR) is 121 cm³/mol. The Morgan fingerprint density at radius 3 is 2.06 bits per heavy atom. The van der Waals surface area contributed by atoms with E-state index < -0.39 is 23.4 Å². The van der Waals surface area contributed by atoms with E-state index in [2.05, 4.69) is 22.5 Å². The SMILES string of the molecule is COCCNCc1ccc(C#Cc2ccc(C(=O)N[C@H](C(N)=O)C(C)(C)N)cc2)cc1. The molecule has 31 heavy (non-hydrogen) atoms. The first kappa shape index (κ1) is 24.1. The second kappa shape index (κ2) is 11.3. The summed E-state index contributed by atoms with van der Waals surface area (Å²) in [5.74, 6) is 5.09. The zero-order valence-electron chi connectivity index (χ0n) is 18.2. The zero-order chi connectivity index (χ0) is 22.9. The summed E-state index contributed by atoms with van der Waals surface area (Å²) in [7, 11) is 1.68. The van der Waals surface area contributed by atoms with Crippen molar-refractivity contribution in [2.45, 2.75) is 32.0 Å². The number of nitrogens with two attached hydrogens (primary N) is 2. The average molecular weight is 423 g/mol. The topological polar surface area (TPSA) is 119 Å². The van der Waals surface area contributed by atoms with Crippen molar-refractivity contribution < 1.29 is 14.3 Å². The molecular formula is C24H30N4O3. The summed E-state index contributed by atoms with van der Waals surface area (Å²) in [6, 6.07) is 13.8. The van der Waals surface area contributed by atoms with Gasteiger partial charge in [-0.1, -0.05) is 24.0 Å². The second-order valence-electron chi connectivity index (χ2n) is 7.82. The lowest BCUT2D eigenvalue weighted by molar-refractivity contribution is -0.121. The Morgan fingerprint density at radius 1 is 1.03 bits per heavy atom. The molecule has 0 saturated heterocycles. The fourth-order valence-electron chi connectivity index (χ4n) is 2.80. The Balaban J connectivity index is 1.98. The maximum absolute atomic E-state index is 12.4. The molecule has 7 nitrogen and oxygen atoms in total. The highest BCUT2D eigenvalue weighted by molar-refractivity contribution is 5.97. The number of methoxy groups -OCH3 is 1. The van der Waals surface area contributed by atoms with E-state index in [9.17, 15) is 9.59 Å². The van der Waals surface area contributed by atoms with Gasteiger partial charge in [-0.3, -0.25) is 9.59 Å². The summed E-state index contributed by atoms with van der Waals surface area (Å²) < 4.78 is 5.01. The van der Waals surface area contributed by atoms with Crippen LogP contribution in [0.3, 0.4) is 0 Å². The fourth-order valence-corrected chi connectivity index (χ4v) is 2.80. The number of benzene rings is 2. The van der Waals surface area contributed by atoms with Gasteiger partial charge in [0.1, 0.15) is 6.04 Å². The first-order valence-corrected chi connectivity index (χ1v) is 10.0. The fraction of sp³-hybridized carbons (Fsp3) is 0.333. The van der Waals surface area contributed by atoms with Crippen LogP contribution in [-0.4, -0.2) is 43.7 Å². The normalized spacial score (nSPS) is 11.9. The van der Waals surface area contributed by atoms with Crippen molar-refractivity contribution in [3.8, 4) is 11.8 Å². The van der Waals surface area contributed by atoms with Gasteiger partial charge < -0.3 is 26.8 Å². The van der Waals surface area contributed by atoms with Gasteiger partial charge in [-0.2, -0.15) is 0 Å². The van der Waals surface area contributed by atoms with E-state index >= 15 is 0 Å². The van der Waals surface area contributed by atoms with Crippen LogP contribution >= 0.6 is 0 Å². The molecule has 0 unspecified atom stereocenters. The average Bonchev–Trinajstić information content (AvgIpc) is 2.73. The Hall–Kier alpha value is -3.18. The van der Waals surface area contributed by atoms with Gasteiger partial charge in [-0.25, -0.2) is 0 Å². The maximum Gasteiger partial charge on any atom is 0.251 e.